The Kier molecular flexibility index (Phi) is 5.56. The predicted molar refractivity (Wildman–Crippen MR) is 92.2 cm³/mol. The molecule has 2 atom stereocenters. The molecule has 3 rings (SSSR count). The van der Waals surface area contributed by atoms with E-state index in [1.54, 1.807) is 18.3 Å². The Morgan fingerprint density at radius 1 is 1.33 bits per heavy atom. The molecule has 128 valence electrons. The van der Waals surface area contributed by atoms with Gasteiger partial charge in [0.15, 0.2) is 5.76 Å². The van der Waals surface area contributed by atoms with Crippen molar-refractivity contribution in [2.24, 2.45) is 5.92 Å². The summed E-state index contributed by atoms with van der Waals surface area (Å²) in [6.45, 7) is 2.19. The molecule has 6 heteroatoms. The van der Waals surface area contributed by atoms with Crippen LogP contribution in [-0.2, 0) is 4.79 Å². The van der Waals surface area contributed by atoms with Crippen LogP contribution >= 0.6 is 11.8 Å². The SMILES string of the molecule is CC1CCCCC1NC(=O)CSc1ncc(-c2ccc(F)cc2)o1. The highest BCUT2D eigenvalue weighted by Gasteiger charge is 2.22. The van der Waals surface area contributed by atoms with E-state index in [0.29, 0.717) is 16.9 Å². The number of hydrogen-bond donors (Lipinski definition) is 1. The van der Waals surface area contributed by atoms with Crippen LogP contribution < -0.4 is 5.32 Å². The number of hydrogen-bond acceptors (Lipinski definition) is 4. The van der Waals surface area contributed by atoms with Crippen molar-refractivity contribution < 1.29 is 13.6 Å². The fraction of sp³-hybridized carbons (Fsp3) is 0.444. The molecule has 2 aromatic rings. The minimum absolute atomic E-state index is 0.0142. The van der Waals surface area contributed by atoms with Crippen LogP contribution in [0.1, 0.15) is 32.6 Å². The number of aromatic nitrogens is 1. The summed E-state index contributed by atoms with van der Waals surface area (Å²) in [6.07, 6.45) is 6.27. The van der Waals surface area contributed by atoms with Crippen molar-refractivity contribution in [1.29, 1.82) is 0 Å². The molecule has 1 aromatic carbocycles. The highest BCUT2D eigenvalue weighted by Crippen LogP contribution is 2.26. The first kappa shape index (κ1) is 17.0. The van der Waals surface area contributed by atoms with Gasteiger partial charge >= 0.3 is 0 Å². The van der Waals surface area contributed by atoms with Crippen molar-refractivity contribution in [2.45, 2.75) is 43.9 Å². The molecule has 1 aliphatic rings. The lowest BCUT2D eigenvalue weighted by atomic mass is 9.86. The Hall–Kier alpha value is -1.82. The lowest BCUT2D eigenvalue weighted by molar-refractivity contribution is -0.119. The van der Waals surface area contributed by atoms with Gasteiger partial charge in [-0.1, -0.05) is 31.5 Å². The average molecular weight is 348 g/mol. The monoisotopic (exact) mass is 348 g/mol. The van der Waals surface area contributed by atoms with Crippen molar-refractivity contribution >= 4 is 17.7 Å². The lowest BCUT2D eigenvalue weighted by Gasteiger charge is -2.29. The predicted octanol–water partition coefficient (Wildman–Crippen LogP) is 4.27. The fourth-order valence-corrected chi connectivity index (χ4v) is 3.59. The van der Waals surface area contributed by atoms with Gasteiger partial charge < -0.3 is 9.73 Å². The molecule has 1 aromatic heterocycles. The normalized spacial score (nSPS) is 20.8. The van der Waals surface area contributed by atoms with E-state index < -0.39 is 0 Å². The molecule has 4 nitrogen and oxygen atoms in total. The van der Waals surface area contributed by atoms with E-state index in [4.69, 9.17) is 4.42 Å². The number of amides is 1. The number of carbonyl (C=O) groups excluding carboxylic acids is 1. The molecule has 1 aliphatic carbocycles. The van der Waals surface area contributed by atoms with E-state index in [1.807, 2.05) is 0 Å². The summed E-state index contributed by atoms with van der Waals surface area (Å²) in [4.78, 5) is 16.3. The van der Waals surface area contributed by atoms with Crippen molar-refractivity contribution in [3.63, 3.8) is 0 Å². The Bertz CT molecular complexity index is 687. The van der Waals surface area contributed by atoms with Gasteiger partial charge in [0, 0.05) is 11.6 Å². The Balaban J connectivity index is 1.51. The van der Waals surface area contributed by atoms with Crippen LogP contribution in [0.25, 0.3) is 11.3 Å². The van der Waals surface area contributed by atoms with Crippen molar-refractivity contribution in [1.82, 2.24) is 10.3 Å². The molecular weight excluding hydrogens is 327 g/mol. The maximum Gasteiger partial charge on any atom is 0.256 e. The molecule has 1 heterocycles. The number of oxazole rings is 1. The number of thioether (sulfide) groups is 1. The second kappa shape index (κ2) is 7.83. The van der Waals surface area contributed by atoms with Gasteiger partial charge in [-0.2, -0.15) is 0 Å². The van der Waals surface area contributed by atoms with E-state index >= 15 is 0 Å². The molecule has 1 amide bonds. The van der Waals surface area contributed by atoms with E-state index in [0.717, 1.165) is 12.0 Å². The number of rotatable bonds is 5. The first-order valence-electron chi connectivity index (χ1n) is 8.26. The second-order valence-corrected chi connectivity index (χ2v) is 7.15. The molecule has 24 heavy (non-hydrogen) atoms. The zero-order valence-corrected chi connectivity index (χ0v) is 14.4. The number of benzene rings is 1. The Morgan fingerprint density at radius 3 is 2.83 bits per heavy atom. The van der Waals surface area contributed by atoms with Gasteiger partial charge in [-0.25, -0.2) is 9.37 Å². The van der Waals surface area contributed by atoms with E-state index in [-0.39, 0.29) is 23.5 Å². The van der Waals surface area contributed by atoms with E-state index in [1.165, 1.54) is 43.2 Å². The fourth-order valence-electron chi connectivity index (χ4n) is 2.98. The molecule has 0 aliphatic heterocycles. The molecule has 1 N–H and O–H groups in total. The second-order valence-electron chi connectivity index (χ2n) is 6.22. The number of nitrogens with zero attached hydrogens (tertiary/aromatic N) is 1. The Morgan fingerprint density at radius 2 is 2.08 bits per heavy atom. The van der Waals surface area contributed by atoms with Crippen LogP contribution in [0.4, 0.5) is 4.39 Å². The Labute approximate surface area is 145 Å². The maximum atomic E-state index is 12.9. The summed E-state index contributed by atoms with van der Waals surface area (Å²) in [6, 6.07) is 6.32. The summed E-state index contributed by atoms with van der Waals surface area (Å²) in [5.41, 5.74) is 0.760. The number of carbonyl (C=O) groups is 1. The molecule has 0 bridgehead atoms. The average Bonchev–Trinajstić information content (AvgIpc) is 3.05. The van der Waals surface area contributed by atoms with Crippen LogP contribution in [0.2, 0.25) is 0 Å². The van der Waals surface area contributed by atoms with Gasteiger partial charge in [0.2, 0.25) is 5.91 Å². The molecule has 1 fully saturated rings. The van der Waals surface area contributed by atoms with Crippen molar-refractivity contribution in [3.8, 4) is 11.3 Å². The van der Waals surface area contributed by atoms with Gasteiger partial charge in [0.05, 0.1) is 11.9 Å². The summed E-state index contributed by atoms with van der Waals surface area (Å²) < 4.78 is 18.6. The molecular formula is C18H21FN2O2S. The van der Waals surface area contributed by atoms with Crippen LogP contribution in [0.5, 0.6) is 0 Å². The quantitative estimate of drug-likeness (QED) is 0.820. The van der Waals surface area contributed by atoms with Gasteiger partial charge in [0.1, 0.15) is 5.82 Å². The maximum absolute atomic E-state index is 12.9. The largest absolute Gasteiger partial charge is 0.431 e. The van der Waals surface area contributed by atoms with Gasteiger partial charge in [-0.3, -0.25) is 4.79 Å². The van der Waals surface area contributed by atoms with Crippen LogP contribution in [0, 0.1) is 11.7 Å². The molecule has 1 saturated carbocycles. The van der Waals surface area contributed by atoms with Crippen LogP contribution in [0.3, 0.4) is 0 Å². The van der Waals surface area contributed by atoms with E-state index in [9.17, 15) is 9.18 Å². The van der Waals surface area contributed by atoms with Gasteiger partial charge in [0.25, 0.3) is 5.22 Å². The minimum Gasteiger partial charge on any atom is -0.431 e. The standard InChI is InChI=1S/C18H21FN2O2S/c1-12-4-2-3-5-15(12)21-17(22)11-24-18-20-10-16(23-18)13-6-8-14(19)9-7-13/h6-10,12,15H,2-5,11H2,1H3,(H,21,22). The highest BCUT2D eigenvalue weighted by molar-refractivity contribution is 7.99. The summed E-state index contributed by atoms with van der Waals surface area (Å²) >= 11 is 1.27. The van der Waals surface area contributed by atoms with E-state index in [2.05, 4.69) is 17.2 Å². The lowest BCUT2D eigenvalue weighted by Crippen LogP contribution is -2.41. The first-order valence-corrected chi connectivity index (χ1v) is 9.24. The first-order chi connectivity index (χ1) is 11.6. The number of halogens is 1. The summed E-state index contributed by atoms with van der Waals surface area (Å²) in [5, 5.41) is 3.56. The molecule has 0 saturated heterocycles. The summed E-state index contributed by atoms with van der Waals surface area (Å²) in [5.74, 6) is 1.12. The van der Waals surface area contributed by atoms with Gasteiger partial charge in [-0.05, 0) is 43.0 Å². The summed E-state index contributed by atoms with van der Waals surface area (Å²) in [7, 11) is 0. The molecule has 0 spiro atoms. The third-order valence-corrected chi connectivity index (χ3v) is 5.24. The minimum atomic E-state index is -0.290. The smallest absolute Gasteiger partial charge is 0.256 e. The number of nitrogens with one attached hydrogen (secondary N) is 1. The zero-order valence-electron chi connectivity index (χ0n) is 13.6. The topological polar surface area (TPSA) is 55.1 Å². The third-order valence-electron chi connectivity index (χ3n) is 4.40. The van der Waals surface area contributed by atoms with Crippen LogP contribution in [-0.4, -0.2) is 22.7 Å². The van der Waals surface area contributed by atoms with Gasteiger partial charge in [-0.15, -0.1) is 0 Å². The van der Waals surface area contributed by atoms with Crippen molar-refractivity contribution in [3.05, 3.63) is 36.3 Å². The molecule has 0 radical (unpaired) electrons. The van der Waals surface area contributed by atoms with Crippen LogP contribution in [0.15, 0.2) is 40.1 Å². The highest BCUT2D eigenvalue weighted by atomic mass is 32.2. The van der Waals surface area contributed by atoms with Crippen molar-refractivity contribution in [2.75, 3.05) is 5.75 Å². The molecule has 2 unspecified atom stereocenters. The zero-order chi connectivity index (χ0) is 16.9. The third kappa shape index (κ3) is 4.38.